The summed E-state index contributed by atoms with van der Waals surface area (Å²) >= 11 is 5.81. The number of nitrogens with zero attached hydrogens (tertiary/aromatic N) is 1. The lowest BCUT2D eigenvalue weighted by molar-refractivity contribution is -0.144. The first-order valence-electron chi connectivity index (χ1n) is 6.29. The maximum Gasteiger partial charge on any atom is 0.312 e. The SMILES string of the molecule is O=C(O)C1(C2(C(=O)c3ccc(Cl)cc3)C=CC=N2)CC1. The van der Waals surface area contributed by atoms with Gasteiger partial charge in [0.2, 0.25) is 0 Å². The molecule has 0 amide bonds. The number of hydrogen-bond donors (Lipinski definition) is 1. The van der Waals surface area contributed by atoms with Crippen LogP contribution in [0.4, 0.5) is 0 Å². The number of carbonyl (C=O) groups excluding carboxylic acids is 1. The lowest BCUT2D eigenvalue weighted by Crippen LogP contribution is -2.47. The van der Waals surface area contributed by atoms with Gasteiger partial charge in [-0.2, -0.15) is 0 Å². The quantitative estimate of drug-likeness (QED) is 0.867. The zero-order chi connectivity index (χ0) is 14.4. The van der Waals surface area contributed by atoms with E-state index in [4.69, 9.17) is 11.6 Å². The molecule has 20 heavy (non-hydrogen) atoms. The van der Waals surface area contributed by atoms with E-state index in [1.165, 1.54) is 6.21 Å². The summed E-state index contributed by atoms with van der Waals surface area (Å²) < 4.78 is 0. The highest BCUT2D eigenvalue weighted by Crippen LogP contribution is 2.58. The topological polar surface area (TPSA) is 66.7 Å². The molecule has 1 atom stereocenters. The smallest absolute Gasteiger partial charge is 0.312 e. The number of carboxylic acids is 1. The molecule has 0 radical (unpaired) electrons. The van der Waals surface area contributed by atoms with Crippen molar-refractivity contribution in [3.8, 4) is 0 Å². The summed E-state index contributed by atoms with van der Waals surface area (Å²) in [6, 6.07) is 6.44. The molecule has 0 saturated heterocycles. The summed E-state index contributed by atoms with van der Waals surface area (Å²) in [4.78, 5) is 28.6. The Balaban J connectivity index is 2.07. The summed E-state index contributed by atoms with van der Waals surface area (Å²) in [7, 11) is 0. The van der Waals surface area contributed by atoms with Crippen LogP contribution in [0.25, 0.3) is 0 Å². The molecule has 5 heteroatoms. The molecule has 1 aromatic rings. The maximum atomic E-state index is 12.8. The van der Waals surface area contributed by atoms with Crippen LogP contribution in [0.1, 0.15) is 23.2 Å². The van der Waals surface area contributed by atoms with Crippen molar-refractivity contribution >= 4 is 29.6 Å². The predicted molar refractivity (Wildman–Crippen MR) is 75.4 cm³/mol. The minimum Gasteiger partial charge on any atom is -0.481 e. The molecule has 1 unspecified atom stereocenters. The molecule has 0 spiro atoms. The van der Waals surface area contributed by atoms with Gasteiger partial charge in [-0.3, -0.25) is 14.6 Å². The minimum absolute atomic E-state index is 0.293. The standard InChI is InChI=1S/C15H12ClNO3/c16-11-4-2-10(3-5-11)12(18)15(6-1-9-17-15)14(7-8-14)13(19)20/h1-6,9H,7-8H2,(H,19,20). The van der Waals surface area contributed by atoms with Crippen LogP contribution < -0.4 is 0 Å². The molecule has 1 fully saturated rings. The Morgan fingerprint density at radius 2 is 1.85 bits per heavy atom. The Morgan fingerprint density at radius 3 is 2.30 bits per heavy atom. The number of benzene rings is 1. The second-order valence-electron chi connectivity index (χ2n) is 5.13. The van der Waals surface area contributed by atoms with Gasteiger partial charge in [-0.1, -0.05) is 11.6 Å². The fraction of sp³-hybridized carbons (Fsp3) is 0.267. The molecule has 1 N–H and O–H groups in total. The van der Waals surface area contributed by atoms with Gasteiger partial charge in [-0.25, -0.2) is 0 Å². The molecule has 4 nitrogen and oxygen atoms in total. The molecule has 0 aromatic heterocycles. The summed E-state index contributed by atoms with van der Waals surface area (Å²) in [5, 5.41) is 10.0. The molecule has 0 bridgehead atoms. The normalized spacial score (nSPS) is 25.6. The number of allylic oxidation sites excluding steroid dienone is 1. The number of carbonyl (C=O) groups is 2. The number of halogens is 1. The summed E-state index contributed by atoms with van der Waals surface area (Å²) in [5.74, 6) is -1.26. The van der Waals surface area contributed by atoms with Crippen LogP contribution >= 0.6 is 11.6 Å². The summed E-state index contributed by atoms with van der Waals surface area (Å²) in [6.07, 6.45) is 5.66. The third-order valence-electron chi connectivity index (χ3n) is 4.04. The van der Waals surface area contributed by atoms with Gasteiger partial charge in [0.15, 0.2) is 11.3 Å². The van der Waals surface area contributed by atoms with Crippen LogP contribution in [-0.2, 0) is 4.79 Å². The van der Waals surface area contributed by atoms with Gasteiger partial charge >= 0.3 is 5.97 Å². The summed E-state index contributed by atoms with van der Waals surface area (Å²) in [6.45, 7) is 0. The lowest BCUT2D eigenvalue weighted by atomic mass is 9.76. The molecule has 1 aliphatic carbocycles. The van der Waals surface area contributed by atoms with E-state index in [-0.39, 0.29) is 5.78 Å². The monoisotopic (exact) mass is 289 g/mol. The van der Waals surface area contributed by atoms with Gasteiger partial charge < -0.3 is 5.11 Å². The average molecular weight is 290 g/mol. The minimum atomic E-state index is -1.31. The number of ketones is 1. The van der Waals surface area contributed by atoms with Crippen LogP contribution in [0.5, 0.6) is 0 Å². The van der Waals surface area contributed by atoms with E-state index in [1.54, 1.807) is 36.4 Å². The van der Waals surface area contributed by atoms with Crippen LogP contribution in [0.2, 0.25) is 5.02 Å². The number of hydrogen-bond acceptors (Lipinski definition) is 3. The van der Waals surface area contributed by atoms with Gasteiger partial charge in [0.1, 0.15) is 5.41 Å². The third kappa shape index (κ3) is 1.64. The van der Waals surface area contributed by atoms with Crippen LogP contribution in [0.3, 0.4) is 0 Å². The second-order valence-corrected chi connectivity index (χ2v) is 5.56. The van der Waals surface area contributed by atoms with E-state index >= 15 is 0 Å². The van der Waals surface area contributed by atoms with E-state index in [1.807, 2.05) is 0 Å². The molecule has 1 saturated carbocycles. The van der Waals surface area contributed by atoms with Crippen LogP contribution in [0, 0.1) is 5.41 Å². The maximum absolute atomic E-state index is 12.8. The van der Waals surface area contributed by atoms with Crippen molar-refractivity contribution in [2.24, 2.45) is 10.4 Å². The van der Waals surface area contributed by atoms with Crippen molar-refractivity contribution in [3.05, 3.63) is 47.0 Å². The Labute approximate surface area is 120 Å². The zero-order valence-electron chi connectivity index (χ0n) is 10.5. The van der Waals surface area contributed by atoms with E-state index < -0.39 is 16.9 Å². The number of Topliss-reactive ketones (excluding diaryl/α,β-unsaturated/α-hetero) is 1. The molecular weight excluding hydrogens is 278 g/mol. The first-order valence-corrected chi connectivity index (χ1v) is 6.66. The predicted octanol–water partition coefficient (Wildman–Crippen LogP) is 2.77. The van der Waals surface area contributed by atoms with Crippen molar-refractivity contribution in [1.82, 2.24) is 0 Å². The first-order chi connectivity index (χ1) is 9.52. The summed E-state index contributed by atoms with van der Waals surface area (Å²) in [5.41, 5.74) is -1.99. The van der Waals surface area contributed by atoms with Gasteiger partial charge in [-0.05, 0) is 49.3 Å². The fourth-order valence-corrected chi connectivity index (χ4v) is 2.85. The zero-order valence-corrected chi connectivity index (χ0v) is 11.3. The molecular formula is C15H12ClNO3. The van der Waals surface area contributed by atoms with E-state index in [0.29, 0.717) is 23.4 Å². The lowest BCUT2D eigenvalue weighted by Gasteiger charge is -2.29. The van der Waals surface area contributed by atoms with Gasteiger partial charge in [-0.15, -0.1) is 0 Å². The molecule has 102 valence electrons. The van der Waals surface area contributed by atoms with E-state index in [2.05, 4.69) is 4.99 Å². The van der Waals surface area contributed by atoms with E-state index in [0.717, 1.165) is 0 Å². The number of aliphatic carboxylic acids is 1. The molecule has 3 rings (SSSR count). The number of rotatable bonds is 4. The molecule has 1 heterocycles. The highest BCUT2D eigenvalue weighted by atomic mass is 35.5. The average Bonchev–Trinajstić information content (AvgIpc) is 3.11. The number of carboxylic acid groups (broad SMARTS) is 1. The first kappa shape index (κ1) is 13.1. The Kier molecular flexibility index (Phi) is 2.80. The van der Waals surface area contributed by atoms with Crippen LogP contribution in [0.15, 0.2) is 41.4 Å². The fourth-order valence-electron chi connectivity index (χ4n) is 2.72. The van der Waals surface area contributed by atoms with Gasteiger partial charge in [0.25, 0.3) is 0 Å². The van der Waals surface area contributed by atoms with E-state index in [9.17, 15) is 14.7 Å². The highest BCUT2D eigenvalue weighted by molar-refractivity contribution is 6.30. The second kappa shape index (κ2) is 4.28. The Morgan fingerprint density at radius 1 is 1.20 bits per heavy atom. The number of aliphatic imine (C=N–C) groups is 1. The third-order valence-corrected chi connectivity index (χ3v) is 4.30. The Hall–Kier alpha value is -1.94. The van der Waals surface area contributed by atoms with Crippen LogP contribution in [-0.4, -0.2) is 28.6 Å². The van der Waals surface area contributed by atoms with Gasteiger partial charge in [0, 0.05) is 16.8 Å². The molecule has 1 aromatic carbocycles. The highest BCUT2D eigenvalue weighted by Gasteiger charge is 2.68. The van der Waals surface area contributed by atoms with Crippen molar-refractivity contribution in [3.63, 3.8) is 0 Å². The van der Waals surface area contributed by atoms with Crippen molar-refractivity contribution in [2.45, 2.75) is 18.4 Å². The molecule has 2 aliphatic rings. The van der Waals surface area contributed by atoms with Crippen molar-refractivity contribution in [2.75, 3.05) is 0 Å². The van der Waals surface area contributed by atoms with Crippen molar-refractivity contribution < 1.29 is 14.7 Å². The Bertz CT molecular complexity index is 630. The molecule has 1 aliphatic heterocycles. The van der Waals surface area contributed by atoms with Crippen molar-refractivity contribution in [1.29, 1.82) is 0 Å². The van der Waals surface area contributed by atoms with Gasteiger partial charge in [0.05, 0.1) is 0 Å². The largest absolute Gasteiger partial charge is 0.481 e.